The molecule has 4 aliphatic carbocycles. The molecule has 4 fully saturated rings. The molecule has 0 aromatic carbocycles. The van der Waals surface area contributed by atoms with E-state index in [1.54, 1.807) is 6.92 Å². The van der Waals surface area contributed by atoms with Crippen LogP contribution in [-0.4, -0.2) is 11.8 Å². The monoisotopic (exact) mass is 264 g/mol. The third-order valence-electron chi connectivity index (χ3n) is 5.36. The zero-order valence-electron chi connectivity index (χ0n) is 11.7. The van der Waals surface area contributed by atoms with E-state index in [9.17, 15) is 9.59 Å². The van der Waals surface area contributed by atoms with Crippen LogP contribution in [0.25, 0.3) is 0 Å². The van der Waals surface area contributed by atoms with Crippen molar-refractivity contribution in [2.45, 2.75) is 58.3 Å². The summed E-state index contributed by atoms with van der Waals surface area (Å²) >= 11 is 0. The van der Waals surface area contributed by atoms with Crippen molar-refractivity contribution < 1.29 is 9.59 Å². The maximum absolute atomic E-state index is 12.0. The number of carbonyl (C=O) groups is 2. The minimum absolute atomic E-state index is 0.0104. The first-order chi connectivity index (χ1) is 9.08. The largest absolute Gasteiger partial charge is 0.273 e. The van der Waals surface area contributed by atoms with Gasteiger partial charge in [-0.15, -0.1) is 0 Å². The predicted octanol–water partition coefficient (Wildman–Crippen LogP) is 2.15. The molecule has 19 heavy (non-hydrogen) atoms. The molecule has 0 saturated heterocycles. The van der Waals surface area contributed by atoms with Gasteiger partial charge in [-0.1, -0.05) is 6.92 Å². The summed E-state index contributed by atoms with van der Waals surface area (Å²) < 4.78 is 0. The van der Waals surface area contributed by atoms with E-state index in [-0.39, 0.29) is 17.2 Å². The molecule has 0 radical (unpaired) electrons. The van der Waals surface area contributed by atoms with Gasteiger partial charge in [0.2, 0.25) is 11.8 Å². The first-order valence-corrected chi connectivity index (χ1v) is 7.66. The lowest BCUT2D eigenvalue weighted by Gasteiger charge is -2.56. The molecule has 0 aromatic rings. The summed E-state index contributed by atoms with van der Waals surface area (Å²) in [5, 5.41) is 0. The average molecular weight is 264 g/mol. The quantitative estimate of drug-likeness (QED) is 0.767. The van der Waals surface area contributed by atoms with E-state index in [0.29, 0.717) is 12.8 Å². The summed E-state index contributed by atoms with van der Waals surface area (Å²) in [6.45, 7) is 1.78. The Bertz CT molecular complexity index is 356. The molecule has 4 aliphatic rings. The smallest absolute Gasteiger partial charge is 0.238 e. The normalized spacial score (nSPS) is 39.1. The maximum atomic E-state index is 12.0. The van der Waals surface area contributed by atoms with Gasteiger partial charge in [0.1, 0.15) is 0 Å². The van der Waals surface area contributed by atoms with E-state index in [1.165, 1.54) is 38.5 Å². The van der Waals surface area contributed by atoms with Crippen LogP contribution in [0.15, 0.2) is 0 Å². The number of nitrogens with one attached hydrogen (secondary N) is 2. The van der Waals surface area contributed by atoms with Crippen molar-refractivity contribution in [2.75, 3.05) is 0 Å². The van der Waals surface area contributed by atoms with Gasteiger partial charge in [0.05, 0.1) is 0 Å². The van der Waals surface area contributed by atoms with Crippen LogP contribution >= 0.6 is 0 Å². The Morgan fingerprint density at radius 2 is 1.42 bits per heavy atom. The third-order valence-corrected chi connectivity index (χ3v) is 5.36. The topological polar surface area (TPSA) is 58.2 Å². The van der Waals surface area contributed by atoms with E-state index < -0.39 is 0 Å². The minimum Gasteiger partial charge on any atom is -0.273 e. The number of amides is 2. The highest BCUT2D eigenvalue weighted by atomic mass is 16.2. The van der Waals surface area contributed by atoms with Crippen molar-refractivity contribution in [3.63, 3.8) is 0 Å². The Morgan fingerprint density at radius 1 is 0.947 bits per heavy atom. The number of rotatable bonds is 3. The molecule has 0 aromatic heterocycles. The molecule has 0 unspecified atom stereocenters. The lowest BCUT2D eigenvalue weighted by molar-refractivity contribution is -0.134. The molecule has 0 spiro atoms. The highest BCUT2D eigenvalue weighted by molar-refractivity contribution is 5.82. The number of hydrogen-bond donors (Lipinski definition) is 2. The van der Waals surface area contributed by atoms with E-state index in [2.05, 4.69) is 10.9 Å². The van der Waals surface area contributed by atoms with Crippen LogP contribution in [0.1, 0.15) is 58.3 Å². The molecule has 106 valence electrons. The zero-order chi connectivity index (χ0) is 13.5. The molecule has 4 rings (SSSR count). The first-order valence-electron chi connectivity index (χ1n) is 7.66. The van der Waals surface area contributed by atoms with Gasteiger partial charge in [-0.25, -0.2) is 0 Å². The second kappa shape index (κ2) is 4.80. The molecule has 4 saturated carbocycles. The summed E-state index contributed by atoms with van der Waals surface area (Å²) in [5.74, 6) is 2.46. The second-order valence-corrected chi connectivity index (χ2v) is 7.04. The van der Waals surface area contributed by atoms with Gasteiger partial charge in [0.15, 0.2) is 0 Å². The van der Waals surface area contributed by atoms with Gasteiger partial charge in [0.25, 0.3) is 0 Å². The van der Waals surface area contributed by atoms with Gasteiger partial charge in [-0.2, -0.15) is 0 Å². The molecular formula is C15H24N2O2. The highest BCUT2D eigenvalue weighted by Gasteiger charge is 2.51. The molecule has 4 nitrogen and oxygen atoms in total. The van der Waals surface area contributed by atoms with Crippen LogP contribution in [0, 0.1) is 23.2 Å². The van der Waals surface area contributed by atoms with Crippen molar-refractivity contribution in [1.82, 2.24) is 10.9 Å². The molecule has 2 amide bonds. The summed E-state index contributed by atoms with van der Waals surface area (Å²) in [5.41, 5.74) is 5.29. The first kappa shape index (κ1) is 12.9. The van der Waals surface area contributed by atoms with E-state index in [1.807, 2.05) is 0 Å². The van der Waals surface area contributed by atoms with E-state index >= 15 is 0 Å². The highest BCUT2D eigenvalue weighted by Crippen LogP contribution is 2.61. The molecule has 2 N–H and O–H groups in total. The van der Waals surface area contributed by atoms with Crippen molar-refractivity contribution in [3.8, 4) is 0 Å². The summed E-state index contributed by atoms with van der Waals surface area (Å²) in [6, 6.07) is 0. The fourth-order valence-electron chi connectivity index (χ4n) is 5.12. The van der Waals surface area contributed by atoms with E-state index in [0.717, 1.165) is 17.8 Å². The molecular weight excluding hydrogens is 240 g/mol. The number of hydrogen-bond acceptors (Lipinski definition) is 2. The molecule has 4 heteroatoms. The van der Waals surface area contributed by atoms with Crippen LogP contribution in [0.3, 0.4) is 0 Å². The molecule has 0 aliphatic heterocycles. The second-order valence-electron chi connectivity index (χ2n) is 7.04. The predicted molar refractivity (Wildman–Crippen MR) is 71.8 cm³/mol. The Balaban J connectivity index is 1.57. The summed E-state index contributed by atoms with van der Waals surface area (Å²) in [4.78, 5) is 23.2. The van der Waals surface area contributed by atoms with Crippen molar-refractivity contribution in [3.05, 3.63) is 0 Å². The van der Waals surface area contributed by atoms with Gasteiger partial charge in [-0.05, 0) is 61.7 Å². The standard InChI is InChI=1S/C15H24N2O2/c1-2-13(18)16-17-14(19)9-15-6-10-3-11(7-15)5-12(4-10)8-15/h10-12H,2-9H2,1H3,(H,16,18)(H,17,19). The lowest BCUT2D eigenvalue weighted by Crippen LogP contribution is -2.50. The Morgan fingerprint density at radius 3 is 1.89 bits per heavy atom. The van der Waals surface area contributed by atoms with Crippen molar-refractivity contribution >= 4 is 11.8 Å². The lowest BCUT2D eigenvalue weighted by atomic mass is 9.49. The third kappa shape index (κ3) is 2.63. The zero-order valence-corrected chi connectivity index (χ0v) is 11.7. The van der Waals surface area contributed by atoms with Crippen molar-refractivity contribution in [1.29, 1.82) is 0 Å². The van der Waals surface area contributed by atoms with Crippen LogP contribution in [0.5, 0.6) is 0 Å². The Kier molecular flexibility index (Phi) is 3.27. The fourth-order valence-corrected chi connectivity index (χ4v) is 5.12. The number of hydrazine groups is 1. The van der Waals surface area contributed by atoms with E-state index in [4.69, 9.17) is 0 Å². The average Bonchev–Trinajstić information content (AvgIpc) is 2.33. The summed E-state index contributed by atoms with van der Waals surface area (Å²) in [7, 11) is 0. The van der Waals surface area contributed by atoms with Gasteiger partial charge in [0, 0.05) is 12.8 Å². The molecule has 0 atom stereocenters. The van der Waals surface area contributed by atoms with Gasteiger partial charge < -0.3 is 0 Å². The number of carbonyl (C=O) groups excluding carboxylic acids is 2. The summed E-state index contributed by atoms with van der Waals surface area (Å²) in [6.07, 6.45) is 8.88. The maximum Gasteiger partial charge on any atom is 0.238 e. The Hall–Kier alpha value is -1.06. The Labute approximate surface area is 114 Å². The van der Waals surface area contributed by atoms with Crippen LogP contribution < -0.4 is 10.9 Å². The van der Waals surface area contributed by atoms with Crippen LogP contribution in [0.2, 0.25) is 0 Å². The SMILES string of the molecule is CCC(=O)NNC(=O)CC12CC3CC(CC(C3)C1)C2. The molecule has 0 heterocycles. The van der Waals surface area contributed by atoms with Crippen LogP contribution in [-0.2, 0) is 9.59 Å². The van der Waals surface area contributed by atoms with Crippen LogP contribution in [0.4, 0.5) is 0 Å². The minimum atomic E-state index is -0.126. The van der Waals surface area contributed by atoms with Gasteiger partial charge >= 0.3 is 0 Å². The van der Waals surface area contributed by atoms with Crippen molar-refractivity contribution in [2.24, 2.45) is 23.2 Å². The fraction of sp³-hybridized carbons (Fsp3) is 0.867. The van der Waals surface area contributed by atoms with Gasteiger partial charge in [-0.3, -0.25) is 20.4 Å². The molecule has 4 bridgehead atoms.